The van der Waals surface area contributed by atoms with E-state index in [1.54, 1.807) is 11.9 Å². The minimum Gasteiger partial charge on any atom is -0.485 e. The molecule has 33 heavy (non-hydrogen) atoms. The average Bonchev–Trinajstić information content (AvgIpc) is 2.83. The van der Waals surface area contributed by atoms with Crippen LogP contribution in [0.3, 0.4) is 0 Å². The lowest BCUT2D eigenvalue weighted by Gasteiger charge is -2.38. The number of ether oxygens (including phenoxy) is 1. The van der Waals surface area contributed by atoms with E-state index in [1.165, 1.54) is 16.4 Å². The molecule has 2 aliphatic rings. The number of benzene rings is 2. The van der Waals surface area contributed by atoms with Crippen LogP contribution in [0.1, 0.15) is 19.8 Å². The molecule has 0 radical (unpaired) electrons. The predicted octanol–water partition coefficient (Wildman–Crippen LogP) is 2.97. The minimum atomic E-state index is -3.78. The van der Waals surface area contributed by atoms with Gasteiger partial charge in [0.05, 0.1) is 29.6 Å². The number of nitrogens with zero attached hydrogens (tertiary/aromatic N) is 3. The van der Waals surface area contributed by atoms with Gasteiger partial charge in [0.25, 0.3) is 0 Å². The van der Waals surface area contributed by atoms with E-state index < -0.39 is 21.8 Å². The number of para-hydroxylation sites is 2. The van der Waals surface area contributed by atoms with Crippen LogP contribution in [0, 0.1) is 11.7 Å². The standard InChI is InChI=1S/C24H30FN3O4S/c1-3-27-17-20(32-23-9-5-4-8-22(23)27)16-26(2)24(29)18-7-6-14-28(15-18)33(30,31)21-12-10-19(25)11-13-21/h4-5,8-13,18,20H,3,6-7,14-17H2,1-2H3. The third-order valence-corrected chi connectivity index (χ3v) is 8.22. The summed E-state index contributed by atoms with van der Waals surface area (Å²) in [5.41, 5.74) is 1.05. The van der Waals surface area contributed by atoms with Gasteiger partial charge in [0.1, 0.15) is 17.7 Å². The number of fused-ring (bicyclic) bond motifs is 1. The highest BCUT2D eigenvalue weighted by atomic mass is 32.2. The fraction of sp³-hybridized carbons (Fsp3) is 0.458. The second kappa shape index (κ2) is 9.69. The molecular weight excluding hydrogens is 445 g/mol. The summed E-state index contributed by atoms with van der Waals surface area (Å²) in [5, 5.41) is 0. The maximum Gasteiger partial charge on any atom is 0.243 e. The molecule has 1 amide bonds. The Morgan fingerprint density at radius 1 is 1.15 bits per heavy atom. The molecular formula is C24H30FN3O4S. The Kier molecular flexibility index (Phi) is 6.90. The summed E-state index contributed by atoms with van der Waals surface area (Å²) in [6.07, 6.45) is 1.06. The van der Waals surface area contributed by atoms with E-state index in [2.05, 4.69) is 11.8 Å². The minimum absolute atomic E-state index is 0.0410. The lowest BCUT2D eigenvalue weighted by Crippen LogP contribution is -2.50. The Labute approximate surface area is 194 Å². The Bertz CT molecular complexity index is 1090. The van der Waals surface area contributed by atoms with Crippen molar-refractivity contribution >= 4 is 21.6 Å². The number of sulfonamides is 1. The zero-order chi connectivity index (χ0) is 23.6. The molecule has 0 bridgehead atoms. The SMILES string of the molecule is CCN1CC(CN(C)C(=O)C2CCCN(S(=O)(=O)c3ccc(F)cc3)C2)Oc2ccccc21. The number of hydrogen-bond donors (Lipinski definition) is 0. The third-order valence-electron chi connectivity index (χ3n) is 6.34. The summed E-state index contributed by atoms with van der Waals surface area (Å²) in [5.74, 6) is -0.182. The zero-order valence-electron chi connectivity index (χ0n) is 19.0. The van der Waals surface area contributed by atoms with Crippen LogP contribution in [0.5, 0.6) is 5.75 Å². The quantitative estimate of drug-likeness (QED) is 0.643. The summed E-state index contributed by atoms with van der Waals surface area (Å²) in [6.45, 7) is 4.50. The molecule has 0 N–H and O–H groups in total. The van der Waals surface area contributed by atoms with E-state index in [-0.39, 0.29) is 23.5 Å². The van der Waals surface area contributed by atoms with Crippen LogP contribution in [0.15, 0.2) is 53.4 Å². The molecule has 1 saturated heterocycles. The first-order valence-corrected chi connectivity index (χ1v) is 12.7. The van der Waals surface area contributed by atoms with Crippen molar-refractivity contribution in [2.24, 2.45) is 5.92 Å². The molecule has 0 aromatic heterocycles. The number of amides is 1. The topological polar surface area (TPSA) is 70.2 Å². The number of carbonyl (C=O) groups excluding carboxylic acids is 1. The Balaban J connectivity index is 1.41. The highest BCUT2D eigenvalue weighted by molar-refractivity contribution is 7.89. The van der Waals surface area contributed by atoms with Crippen molar-refractivity contribution in [3.63, 3.8) is 0 Å². The lowest BCUT2D eigenvalue weighted by atomic mass is 9.98. The van der Waals surface area contributed by atoms with Gasteiger partial charge in [-0.25, -0.2) is 12.8 Å². The Morgan fingerprint density at radius 3 is 2.61 bits per heavy atom. The summed E-state index contributed by atoms with van der Waals surface area (Å²) >= 11 is 0. The van der Waals surface area contributed by atoms with Gasteiger partial charge in [-0.15, -0.1) is 0 Å². The van der Waals surface area contributed by atoms with E-state index in [1.807, 2.05) is 24.3 Å². The second-order valence-electron chi connectivity index (χ2n) is 8.62. The molecule has 9 heteroatoms. The third kappa shape index (κ3) is 4.99. The molecule has 0 spiro atoms. The van der Waals surface area contributed by atoms with Crippen LogP contribution in [0.25, 0.3) is 0 Å². The largest absolute Gasteiger partial charge is 0.485 e. The second-order valence-corrected chi connectivity index (χ2v) is 10.6. The monoisotopic (exact) mass is 475 g/mol. The highest BCUT2D eigenvalue weighted by Crippen LogP contribution is 2.33. The predicted molar refractivity (Wildman–Crippen MR) is 124 cm³/mol. The molecule has 178 valence electrons. The maximum atomic E-state index is 13.2. The summed E-state index contributed by atoms with van der Waals surface area (Å²) in [6, 6.07) is 12.7. The van der Waals surface area contributed by atoms with Crippen molar-refractivity contribution in [3.05, 3.63) is 54.3 Å². The number of hydrogen-bond acceptors (Lipinski definition) is 5. The molecule has 2 atom stereocenters. The number of likely N-dealkylation sites (N-methyl/N-ethyl adjacent to an activating group) is 2. The molecule has 0 aliphatic carbocycles. The van der Waals surface area contributed by atoms with Crippen LogP contribution in [-0.2, 0) is 14.8 Å². The van der Waals surface area contributed by atoms with Gasteiger partial charge < -0.3 is 14.5 Å². The molecule has 2 aromatic carbocycles. The lowest BCUT2D eigenvalue weighted by molar-refractivity contribution is -0.136. The smallest absolute Gasteiger partial charge is 0.243 e. The van der Waals surface area contributed by atoms with Crippen molar-refractivity contribution < 1.29 is 22.3 Å². The van der Waals surface area contributed by atoms with Crippen LogP contribution >= 0.6 is 0 Å². The fourth-order valence-electron chi connectivity index (χ4n) is 4.60. The van der Waals surface area contributed by atoms with Crippen LogP contribution in [-0.4, -0.2) is 69.4 Å². The molecule has 2 unspecified atom stereocenters. The normalized spacial score (nSPS) is 21.2. The van der Waals surface area contributed by atoms with Crippen molar-refractivity contribution in [2.75, 3.05) is 44.7 Å². The van der Waals surface area contributed by atoms with Crippen molar-refractivity contribution in [1.29, 1.82) is 0 Å². The van der Waals surface area contributed by atoms with Crippen molar-refractivity contribution in [3.8, 4) is 5.75 Å². The number of piperidine rings is 1. The van der Waals surface area contributed by atoms with Crippen LogP contribution in [0.4, 0.5) is 10.1 Å². The number of halogens is 1. The van der Waals surface area contributed by atoms with Crippen molar-refractivity contribution in [1.82, 2.24) is 9.21 Å². The van der Waals surface area contributed by atoms with E-state index in [9.17, 15) is 17.6 Å². The Morgan fingerprint density at radius 2 is 1.88 bits per heavy atom. The molecule has 2 heterocycles. The molecule has 1 fully saturated rings. The van der Waals surface area contributed by atoms with Crippen molar-refractivity contribution in [2.45, 2.75) is 30.8 Å². The summed E-state index contributed by atoms with van der Waals surface area (Å²) in [4.78, 5) is 17.1. The van der Waals surface area contributed by atoms with Crippen LogP contribution in [0.2, 0.25) is 0 Å². The number of carbonyl (C=O) groups is 1. The van der Waals surface area contributed by atoms with E-state index >= 15 is 0 Å². The first kappa shape index (κ1) is 23.5. The number of rotatable bonds is 6. The molecule has 4 rings (SSSR count). The molecule has 2 aromatic rings. The van der Waals surface area contributed by atoms with Gasteiger partial charge in [0.2, 0.25) is 15.9 Å². The van der Waals surface area contributed by atoms with Gasteiger partial charge in [0.15, 0.2) is 0 Å². The maximum absolute atomic E-state index is 13.2. The first-order valence-electron chi connectivity index (χ1n) is 11.3. The van der Waals surface area contributed by atoms with E-state index in [0.29, 0.717) is 32.5 Å². The zero-order valence-corrected chi connectivity index (χ0v) is 19.8. The molecule has 7 nitrogen and oxygen atoms in total. The van der Waals surface area contributed by atoms with Gasteiger partial charge in [-0.05, 0) is 56.2 Å². The summed E-state index contributed by atoms with van der Waals surface area (Å²) < 4.78 is 46.7. The van der Waals surface area contributed by atoms with Gasteiger partial charge in [-0.1, -0.05) is 12.1 Å². The van der Waals surface area contributed by atoms with Gasteiger partial charge in [-0.3, -0.25) is 4.79 Å². The van der Waals surface area contributed by atoms with Gasteiger partial charge >= 0.3 is 0 Å². The fourth-order valence-corrected chi connectivity index (χ4v) is 6.12. The summed E-state index contributed by atoms with van der Waals surface area (Å²) in [7, 11) is -2.03. The van der Waals surface area contributed by atoms with Crippen LogP contribution < -0.4 is 9.64 Å². The molecule has 2 aliphatic heterocycles. The van der Waals surface area contributed by atoms with Gasteiger partial charge in [-0.2, -0.15) is 4.31 Å². The van der Waals surface area contributed by atoms with E-state index in [0.717, 1.165) is 30.1 Å². The highest BCUT2D eigenvalue weighted by Gasteiger charge is 2.35. The van der Waals surface area contributed by atoms with E-state index in [4.69, 9.17) is 4.74 Å². The Hall–Kier alpha value is -2.65. The first-order chi connectivity index (χ1) is 15.8. The molecule has 0 saturated carbocycles. The van der Waals surface area contributed by atoms with Gasteiger partial charge in [0, 0.05) is 26.7 Å². The average molecular weight is 476 g/mol. The number of anilines is 1.